The van der Waals surface area contributed by atoms with Crippen molar-refractivity contribution in [2.24, 2.45) is 0 Å². The van der Waals surface area contributed by atoms with E-state index in [1.807, 2.05) is 0 Å². The summed E-state index contributed by atoms with van der Waals surface area (Å²) in [5.41, 5.74) is -1.51. The Morgan fingerprint density at radius 1 is 1.26 bits per heavy atom. The van der Waals surface area contributed by atoms with Crippen LogP contribution in [-0.4, -0.2) is 25.5 Å². The van der Waals surface area contributed by atoms with Gasteiger partial charge in [-0.05, 0) is 49.9 Å². The summed E-state index contributed by atoms with van der Waals surface area (Å²) in [4.78, 5) is 20.9. The molecule has 0 saturated heterocycles. The number of fused-ring (bicyclic) bond motifs is 1. The first-order valence-corrected chi connectivity index (χ1v) is 10.2. The molecule has 1 saturated carbocycles. The van der Waals surface area contributed by atoms with Gasteiger partial charge in [-0.25, -0.2) is 9.97 Å². The van der Waals surface area contributed by atoms with E-state index < -0.39 is 23.2 Å². The summed E-state index contributed by atoms with van der Waals surface area (Å²) in [7, 11) is 0. The summed E-state index contributed by atoms with van der Waals surface area (Å²) >= 11 is 5.87. The van der Waals surface area contributed by atoms with Gasteiger partial charge >= 0.3 is 6.18 Å². The zero-order chi connectivity index (χ0) is 22.4. The number of aliphatic hydroxyl groups is 1. The summed E-state index contributed by atoms with van der Waals surface area (Å²) in [5.74, 6) is -0.393. The van der Waals surface area contributed by atoms with Crippen LogP contribution in [0.3, 0.4) is 0 Å². The molecule has 2 aromatic heterocycles. The smallest absolute Gasteiger partial charge is 0.385 e. The van der Waals surface area contributed by atoms with Gasteiger partial charge in [0.2, 0.25) is 11.9 Å². The molecule has 0 bridgehead atoms. The number of carbonyl (C=O) groups excluding carboxylic acids is 1. The number of nitrogens with zero attached hydrogens (tertiary/aromatic N) is 3. The number of pyridine rings is 1. The van der Waals surface area contributed by atoms with Crippen molar-refractivity contribution in [3.05, 3.63) is 52.7 Å². The highest BCUT2D eigenvalue weighted by Gasteiger charge is 2.34. The Bertz CT molecular complexity index is 1120. The summed E-state index contributed by atoms with van der Waals surface area (Å²) in [5, 5.41) is 13.9. The average Bonchev–Trinajstić information content (AvgIpc) is 2.96. The molecule has 1 atom stereocenters. The fraction of sp³-hybridized carbons (Fsp3) is 0.381. The van der Waals surface area contributed by atoms with Crippen molar-refractivity contribution in [1.82, 2.24) is 14.5 Å². The van der Waals surface area contributed by atoms with E-state index in [2.05, 4.69) is 15.3 Å². The molecule has 164 valence electrons. The molecule has 3 aromatic rings. The molecule has 0 unspecified atom stereocenters. The Labute approximate surface area is 181 Å². The van der Waals surface area contributed by atoms with Crippen molar-refractivity contribution in [3.8, 4) is 0 Å². The molecule has 1 fully saturated rings. The van der Waals surface area contributed by atoms with Crippen LogP contribution in [0.1, 0.15) is 49.8 Å². The highest BCUT2D eigenvalue weighted by atomic mass is 35.5. The minimum absolute atomic E-state index is 0.00121. The van der Waals surface area contributed by atoms with Crippen LogP contribution >= 0.6 is 11.6 Å². The number of carbonyl (C=O) groups is 1. The average molecular weight is 453 g/mol. The third-order valence-corrected chi connectivity index (χ3v) is 5.77. The van der Waals surface area contributed by atoms with Gasteiger partial charge in [0.25, 0.3) is 0 Å². The molecule has 4 rings (SSSR count). The van der Waals surface area contributed by atoms with Gasteiger partial charge in [-0.1, -0.05) is 23.7 Å². The Balaban J connectivity index is 1.62. The largest absolute Gasteiger partial charge is 0.417 e. The molecule has 6 nitrogen and oxygen atoms in total. The van der Waals surface area contributed by atoms with Crippen LogP contribution in [0.15, 0.2) is 36.5 Å². The maximum Gasteiger partial charge on any atom is 0.417 e. The molecule has 1 aliphatic rings. The van der Waals surface area contributed by atoms with Gasteiger partial charge in [-0.3, -0.25) is 14.7 Å². The zero-order valence-electron chi connectivity index (χ0n) is 16.6. The third-order valence-electron chi connectivity index (χ3n) is 5.52. The quantitative estimate of drug-likeness (QED) is 0.566. The van der Waals surface area contributed by atoms with Crippen molar-refractivity contribution in [3.63, 3.8) is 0 Å². The molecule has 10 heteroatoms. The van der Waals surface area contributed by atoms with Crippen molar-refractivity contribution < 1.29 is 23.1 Å². The topological polar surface area (TPSA) is 80.0 Å². The van der Waals surface area contributed by atoms with Gasteiger partial charge < -0.3 is 5.11 Å². The SMILES string of the molecule is C[C@](O)(CC(=O)Nc1nc2cc(C(F)(F)F)cnc2n1C1CCC1)c1ccc(Cl)cc1. The molecule has 0 aliphatic heterocycles. The number of halogens is 4. The fourth-order valence-electron chi connectivity index (χ4n) is 3.61. The number of hydrogen-bond acceptors (Lipinski definition) is 4. The van der Waals surface area contributed by atoms with Gasteiger partial charge in [0.05, 0.1) is 17.6 Å². The third kappa shape index (κ3) is 4.38. The molecule has 31 heavy (non-hydrogen) atoms. The lowest BCUT2D eigenvalue weighted by atomic mass is 9.92. The van der Waals surface area contributed by atoms with E-state index in [1.165, 1.54) is 6.92 Å². The number of imidazole rings is 1. The number of nitrogens with one attached hydrogen (secondary N) is 1. The highest BCUT2D eigenvalue weighted by Crippen LogP contribution is 2.38. The number of rotatable bonds is 5. The zero-order valence-corrected chi connectivity index (χ0v) is 17.3. The van der Waals surface area contributed by atoms with Crippen LogP contribution in [0.25, 0.3) is 11.2 Å². The predicted molar refractivity (Wildman–Crippen MR) is 110 cm³/mol. The minimum Gasteiger partial charge on any atom is -0.385 e. The molecule has 1 amide bonds. The van der Waals surface area contributed by atoms with E-state index in [-0.39, 0.29) is 29.6 Å². The summed E-state index contributed by atoms with van der Waals surface area (Å²) in [6.07, 6.45) is -1.43. The minimum atomic E-state index is -4.54. The summed E-state index contributed by atoms with van der Waals surface area (Å²) < 4.78 is 40.9. The normalized spacial score (nSPS) is 16.7. The molecule has 0 spiro atoms. The second-order valence-corrected chi connectivity index (χ2v) is 8.40. The van der Waals surface area contributed by atoms with Gasteiger partial charge in [0.15, 0.2) is 5.65 Å². The van der Waals surface area contributed by atoms with Crippen LogP contribution in [0, 0.1) is 0 Å². The number of amides is 1. The first kappa shape index (κ1) is 21.6. The van der Waals surface area contributed by atoms with Crippen LogP contribution in [-0.2, 0) is 16.6 Å². The Hall–Kier alpha value is -2.65. The molecule has 1 aromatic carbocycles. The summed E-state index contributed by atoms with van der Waals surface area (Å²) in [6.45, 7) is 1.50. The van der Waals surface area contributed by atoms with Gasteiger partial charge in [0, 0.05) is 17.3 Å². The lowest BCUT2D eigenvalue weighted by molar-refractivity contribution is -0.137. The van der Waals surface area contributed by atoms with Gasteiger partial charge in [0.1, 0.15) is 5.52 Å². The standard InChI is InChI=1S/C21H20ClF3N4O2/c1-20(31,12-5-7-14(22)8-6-12)10-17(30)28-19-27-16-9-13(21(23,24)25)11-26-18(16)29(19)15-3-2-4-15/h5-9,11,15,31H,2-4,10H2,1H3,(H,27,28,30)/t20-/m0/s1. The van der Waals surface area contributed by atoms with Crippen LogP contribution in [0.5, 0.6) is 0 Å². The number of benzene rings is 1. The maximum atomic E-state index is 13.1. The predicted octanol–water partition coefficient (Wildman–Crippen LogP) is 5.06. The summed E-state index contributed by atoms with van der Waals surface area (Å²) in [6, 6.07) is 7.41. The molecule has 0 radical (unpaired) electrons. The first-order chi connectivity index (χ1) is 14.5. The number of aromatic nitrogens is 3. The Morgan fingerprint density at radius 3 is 2.52 bits per heavy atom. The monoisotopic (exact) mass is 452 g/mol. The highest BCUT2D eigenvalue weighted by molar-refractivity contribution is 6.30. The molecule has 2 N–H and O–H groups in total. The van der Waals surface area contributed by atoms with Crippen molar-refractivity contribution >= 4 is 34.6 Å². The number of anilines is 1. The van der Waals surface area contributed by atoms with Gasteiger partial charge in [-0.2, -0.15) is 13.2 Å². The van der Waals surface area contributed by atoms with Crippen molar-refractivity contribution in [2.45, 2.75) is 50.4 Å². The lowest BCUT2D eigenvalue weighted by Crippen LogP contribution is -2.30. The maximum absolute atomic E-state index is 13.1. The lowest BCUT2D eigenvalue weighted by Gasteiger charge is -2.29. The molecular formula is C21H20ClF3N4O2. The molecule has 2 heterocycles. The van der Waals surface area contributed by atoms with E-state index in [0.29, 0.717) is 10.6 Å². The second kappa shape index (κ2) is 7.80. The van der Waals surface area contributed by atoms with E-state index in [1.54, 1.807) is 28.8 Å². The van der Waals surface area contributed by atoms with E-state index in [0.717, 1.165) is 31.5 Å². The molecular weight excluding hydrogens is 433 g/mol. The van der Waals surface area contributed by atoms with E-state index >= 15 is 0 Å². The van der Waals surface area contributed by atoms with E-state index in [4.69, 9.17) is 11.6 Å². The van der Waals surface area contributed by atoms with Crippen molar-refractivity contribution in [2.75, 3.05) is 5.32 Å². The first-order valence-electron chi connectivity index (χ1n) is 9.78. The Kier molecular flexibility index (Phi) is 5.43. The fourth-order valence-corrected chi connectivity index (χ4v) is 3.73. The van der Waals surface area contributed by atoms with Crippen LogP contribution in [0.4, 0.5) is 19.1 Å². The second-order valence-electron chi connectivity index (χ2n) is 7.96. The van der Waals surface area contributed by atoms with Crippen LogP contribution < -0.4 is 5.32 Å². The van der Waals surface area contributed by atoms with Crippen LogP contribution in [0.2, 0.25) is 5.02 Å². The number of hydrogen-bond donors (Lipinski definition) is 2. The molecule has 1 aliphatic carbocycles. The van der Waals surface area contributed by atoms with Crippen molar-refractivity contribution in [1.29, 1.82) is 0 Å². The number of alkyl halides is 3. The van der Waals surface area contributed by atoms with Gasteiger partial charge in [-0.15, -0.1) is 0 Å². The Morgan fingerprint density at radius 2 is 1.94 bits per heavy atom. The van der Waals surface area contributed by atoms with E-state index in [9.17, 15) is 23.1 Å².